The quantitative estimate of drug-likeness (QED) is 0.774. The molecule has 1 rings (SSSR count). The van der Waals surface area contributed by atoms with E-state index in [1.54, 1.807) is 0 Å². The SMILES string of the molecule is CCc1ccc(C(=O)C(N)CC(C)C)cc1. The van der Waals surface area contributed by atoms with Crippen LogP contribution in [0.4, 0.5) is 0 Å². The van der Waals surface area contributed by atoms with E-state index in [1.165, 1.54) is 5.56 Å². The van der Waals surface area contributed by atoms with E-state index in [0.29, 0.717) is 5.92 Å². The van der Waals surface area contributed by atoms with Gasteiger partial charge in [-0.2, -0.15) is 0 Å². The maximum Gasteiger partial charge on any atom is 0.179 e. The monoisotopic (exact) mass is 219 g/mol. The minimum Gasteiger partial charge on any atom is -0.321 e. The summed E-state index contributed by atoms with van der Waals surface area (Å²) < 4.78 is 0. The van der Waals surface area contributed by atoms with Crippen molar-refractivity contribution in [1.82, 2.24) is 0 Å². The highest BCUT2D eigenvalue weighted by Gasteiger charge is 2.16. The molecule has 0 aromatic heterocycles. The lowest BCUT2D eigenvalue weighted by Crippen LogP contribution is -2.31. The molecule has 16 heavy (non-hydrogen) atoms. The molecule has 0 aliphatic heterocycles. The molecular formula is C14H21NO. The number of carbonyl (C=O) groups excluding carboxylic acids is 1. The molecule has 1 aromatic rings. The molecule has 0 aliphatic carbocycles. The van der Waals surface area contributed by atoms with E-state index in [1.807, 2.05) is 24.3 Å². The van der Waals surface area contributed by atoms with Crippen LogP contribution in [0.3, 0.4) is 0 Å². The summed E-state index contributed by atoms with van der Waals surface area (Å²) in [5.74, 6) is 0.505. The number of aryl methyl sites for hydroxylation is 1. The number of hydrogen-bond donors (Lipinski definition) is 1. The second-order valence-corrected chi connectivity index (χ2v) is 4.65. The van der Waals surface area contributed by atoms with Crippen LogP contribution in [0, 0.1) is 5.92 Å². The zero-order valence-electron chi connectivity index (χ0n) is 10.4. The Hall–Kier alpha value is -1.15. The average Bonchev–Trinajstić information content (AvgIpc) is 2.27. The van der Waals surface area contributed by atoms with Crippen LogP contribution in [-0.2, 0) is 6.42 Å². The second kappa shape index (κ2) is 5.80. The zero-order chi connectivity index (χ0) is 12.1. The van der Waals surface area contributed by atoms with Gasteiger partial charge in [-0.15, -0.1) is 0 Å². The molecule has 0 fully saturated rings. The van der Waals surface area contributed by atoms with Gasteiger partial charge < -0.3 is 5.73 Å². The first-order valence-corrected chi connectivity index (χ1v) is 5.93. The lowest BCUT2D eigenvalue weighted by molar-refractivity contribution is 0.0951. The Morgan fingerprint density at radius 3 is 2.25 bits per heavy atom. The number of rotatable bonds is 5. The van der Waals surface area contributed by atoms with Gasteiger partial charge in [-0.1, -0.05) is 45.0 Å². The summed E-state index contributed by atoms with van der Waals surface area (Å²) in [5.41, 5.74) is 7.84. The van der Waals surface area contributed by atoms with Crippen molar-refractivity contribution in [2.75, 3.05) is 0 Å². The van der Waals surface area contributed by atoms with Crippen molar-refractivity contribution in [3.8, 4) is 0 Å². The molecule has 1 aromatic carbocycles. The van der Waals surface area contributed by atoms with Crippen LogP contribution in [0.25, 0.3) is 0 Å². The van der Waals surface area contributed by atoms with E-state index >= 15 is 0 Å². The minimum absolute atomic E-state index is 0.0522. The molecule has 0 radical (unpaired) electrons. The average molecular weight is 219 g/mol. The summed E-state index contributed by atoms with van der Waals surface area (Å²) in [6.45, 7) is 6.25. The van der Waals surface area contributed by atoms with Crippen LogP contribution in [0.1, 0.15) is 43.1 Å². The first-order chi connectivity index (χ1) is 7.54. The number of nitrogens with two attached hydrogens (primary N) is 1. The van der Waals surface area contributed by atoms with Gasteiger partial charge in [-0.05, 0) is 24.3 Å². The lowest BCUT2D eigenvalue weighted by Gasteiger charge is -2.13. The molecule has 2 heteroatoms. The topological polar surface area (TPSA) is 43.1 Å². The Labute approximate surface area is 97.9 Å². The Bertz CT molecular complexity index is 340. The Morgan fingerprint density at radius 2 is 1.81 bits per heavy atom. The molecule has 1 unspecified atom stereocenters. The number of Topliss-reactive ketones (excluding diaryl/α,β-unsaturated/α-hetero) is 1. The van der Waals surface area contributed by atoms with E-state index in [4.69, 9.17) is 5.73 Å². The molecule has 0 saturated carbocycles. The molecule has 2 N–H and O–H groups in total. The smallest absolute Gasteiger partial charge is 0.179 e. The molecule has 0 saturated heterocycles. The van der Waals surface area contributed by atoms with Crippen LogP contribution >= 0.6 is 0 Å². The van der Waals surface area contributed by atoms with Crippen LogP contribution < -0.4 is 5.73 Å². The first-order valence-electron chi connectivity index (χ1n) is 5.93. The molecular weight excluding hydrogens is 198 g/mol. The highest BCUT2D eigenvalue weighted by Crippen LogP contribution is 2.11. The van der Waals surface area contributed by atoms with Crippen LogP contribution in [0.2, 0.25) is 0 Å². The highest BCUT2D eigenvalue weighted by atomic mass is 16.1. The fourth-order valence-electron chi connectivity index (χ4n) is 1.73. The van der Waals surface area contributed by atoms with Gasteiger partial charge in [-0.3, -0.25) is 4.79 Å². The Kier molecular flexibility index (Phi) is 4.69. The van der Waals surface area contributed by atoms with Gasteiger partial charge in [0.05, 0.1) is 6.04 Å². The number of hydrogen-bond acceptors (Lipinski definition) is 2. The van der Waals surface area contributed by atoms with Crippen molar-refractivity contribution in [3.63, 3.8) is 0 Å². The zero-order valence-corrected chi connectivity index (χ0v) is 10.4. The third-order valence-corrected chi connectivity index (χ3v) is 2.71. The van der Waals surface area contributed by atoms with Crippen molar-refractivity contribution in [2.24, 2.45) is 11.7 Å². The predicted octanol–water partition coefficient (Wildman–Crippen LogP) is 2.81. The number of carbonyl (C=O) groups is 1. The van der Waals surface area contributed by atoms with Gasteiger partial charge in [0.2, 0.25) is 0 Å². The van der Waals surface area contributed by atoms with Gasteiger partial charge in [0.1, 0.15) is 0 Å². The van der Waals surface area contributed by atoms with Crippen molar-refractivity contribution < 1.29 is 4.79 Å². The fraction of sp³-hybridized carbons (Fsp3) is 0.500. The third kappa shape index (κ3) is 3.46. The fourth-order valence-corrected chi connectivity index (χ4v) is 1.73. The molecule has 0 bridgehead atoms. The second-order valence-electron chi connectivity index (χ2n) is 4.65. The summed E-state index contributed by atoms with van der Waals surface area (Å²) in [7, 11) is 0. The van der Waals surface area contributed by atoms with Crippen molar-refractivity contribution in [1.29, 1.82) is 0 Å². The van der Waals surface area contributed by atoms with Crippen molar-refractivity contribution in [2.45, 2.75) is 39.7 Å². The van der Waals surface area contributed by atoms with Gasteiger partial charge in [0.25, 0.3) is 0 Å². The maximum atomic E-state index is 12.0. The summed E-state index contributed by atoms with van der Waals surface area (Å²) in [4.78, 5) is 12.0. The number of benzene rings is 1. The van der Waals surface area contributed by atoms with Gasteiger partial charge in [0, 0.05) is 5.56 Å². The summed E-state index contributed by atoms with van der Waals surface area (Å²) >= 11 is 0. The Balaban J connectivity index is 2.72. The van der Waals surface area contributed by atoms with E-state index in [0.717, 1.165) is 18.4 Å². The molecule has 1 atom stereocenters. The van der Waals surface area contributed by atoms with Gasteiger partial charge in [0.15, 0.2) is 5.78 Å². The Morgan fingerprint density at radius 1 is 1.25 bits per heavy atom. The lowest BCUT2D eigenvalue weighted by atomic mass is 9.96. The molecule has 88 valence electrons. The number of ketones is 1. The van der Waals surface area contributed by atoms with Crippen molar-refractivity contribution in [3.05, 3.63) is 35.4 Å². The summed E-state index contributed by atoms with van der Waals surface area (Å²) in [6, 6.07) is 7.38. The normalized spacial score (nSPS) is 12.8. The third-order valence-electron chi connectivity index (χ3n) is 2.71. The van der Waals surface area contributed by atoms with Gasteiger partial charge >= 0.3 is 0 Å². The largest absolute Gasteiger partial charge is 0.321 e. The molecule has 0 spiro atoms. The van der Waals surface area contributed by atoms with Crippen molar-refractivity contribution >= 4 is 5.78 Å². The maximum absolute atomic E-state index is 12.0. The molecule has 0 aliphatic rings. The van der Waals surface area contributed by atoms with Crippen LogP contribution in [0.15, 0.2) is 24.3 Å². The standard InChI is InChI=1S/C14H21NO/c1-4-11-5-7-12(8-6-11)14(16)13(15)9-10(2)3/h5-8,10,13H,4,9,15H2,1-3H3. The first kappa shape index (κ1) is 12.9. The minimum atomic E-state index is -0.368. The highest BCUT2D eigenvalue weighted by molar-refractivity contribution is 5.99. The van der Waals surface area contributed by atoms with E-state index in [-0.39, 0.29) is 11.8 Å². The predicted molar refractivity (Wildman–Crippen MR) is 67.6 cm³/mol. The molecule has 0 heterocycles. The van der Waals surface area contributed by atoms with Crippen LogP contribution in [-0.4, -0.2) is 11.8 Å². The van der Waals surface area contributed by atoms with E-state index in [2.05, 4.69) is 20.8 Å². The van der Waals surface area contributed by atoms with Gasteiger partial charge in [-0.25, -0.2) is 0 Å². The molecule has 0 amide bonds. The summed E-state index contributed by atoms with van der Waals surface area (Å²) in [5, 5.41) is 0. The summed E-state index contributed by atoms with van der Waals surface area (Å²) in [6.07, 6.45) is 1.74. The van der Waals surface area contributed by atoms with Crippen LogP contribution in [0.5, 0.6) is 0 Å². The van der Waals surface area contributed by atoms with E-state index in [9.17, 15) is 4.79 Å². The van der Waals surface area contributed by atoms with E-state index < -0.39 is 0 Å². The molecule has 2 nitrogen and oxygen atoms in total.